The van der Waals surface area contributed by atoms with E-state index >= 15 is 0 Å². The minimum Gasteiger partial charge on any atom is -0.421 e. The molecule has 3 heterocycles. The number of piperidine rings is 1. The van der Waals surface area contributed by atoms with Gasteiger partial charge in [0.1, 0.15) is 0 Å². The van der Waals surface area contributed by atoms with Crippen LogP contribution in [-0.2, 0) is 0 Å². The molecule has 1 unspecified atom stereocenters. The molecule has 1 aromatic carbocycles. The van der Waals surface area contributed by atoms with E-state index in [2.05, 4.69) is 51.2 Å². The van der Waals surface area contributed by atoms with E-state index in [1.165, 1.54) is 12.8 Å². The van der Waals surface area contributed by atoms with Gasteiger partial charge in [0.15, 0.2) is 0 Å². The van der Waals surface area contributed by atoms with Crippen LogP contribution < -0.4 is 15.8 Å². The summed E-state index contributed by atoms with van der Waals surface area (Å²) < 4.78 is 5.52. The normalized spacial score (nSPS) is 22.0. The van der Waals surface area contributed by atoms with Gasteiger partial charge in [-0.15, -0.1) is 10.2 Å². The highest BCUT2D eigenvalue weighted by molar-refractivity contribution is 5.63. The monoisotopic (exact) mass is 340 g/mol. The van der Waals surface area contributed by atoms with E-state index in [4.69, 9.17) is 4.42 Å². The number of nitrogens with one attached hydrogen (secondary N) is 2. The average Bonchev–Trinajstić information content (AvgIpc) is 3.26. The molecule has 1 atom stereocenters. The third-order valence-electron chi connectivity index (χ3n) is 4.74. The maximum atomic E-state index is 5.52. The number of benzene rings is 1. The topological polar surface area (TPSA) is 69.5 Å². The molecule has 2 N–H and O–H groups in total. The molecule has 1 aromatic heterocycles. The maximum absolute atomic E-state index is 5.52. The summed E-state index contributed by atoms with van der Waals surface area (Å²) in [6.45, 7) is 4.11. The SMILES string of the molecule is Cc1nnc(-c2cccc(N3C=CC(NC4CCN(C)CC4)N3)c2)o1. The number of aromatic nitrogens is 2. The Kier molecular flexibility index (Phi) is 4.52. The second-order valence-corrected chi connectivity index (χ2v) is 6.74. The fourth-order valence-electron chi connectivity index (χ4n) is 3.29. The van der Waals surface area contributed by atoms with Gasteiger partial charge in [0.05, 0.1) is 11.9 Å². The molecule has 0 bridgehead atoms. The molecule has 1 saturated heterocycles. The van der Waals surface area contributed by atoms with Gasteiger partial charge in [0, 0.05) is 24.7 Å². The smallest absolute Gasteiger partial charge is 0.247 e. The van der Waals surface area contributed by atoms with Crippen molar-refractivity contribution in [3.05, 3.63) is 42.4 Å². The van der Waals surface area contributed by atoms with Crippen LogP contribution in [0.4, 0.5) is 5.69 Å². The highest BCUT2D eigenvalue weighted by Gasteiger charge is 2.22. The first-order valence-electron chi connectivity index (χ1n) is 8.76. The zero-order valence-electron chi connectivity index (χ0n) is 14.6. The van der Waals surface area contributed by atoms with Crippen LogP contribution in [0.3, 0.4) is 0 Å². The van der Waals surface area contributed by atoms with E-state index in [1.807, 2.05) is 23.2 Å². The number of aryl methyl sites for hydroxylation is 1. The lowest BCUT2D eigenvalue weighted by molar-refractivity contribution is 0.226. The Morgan fingerprint density at radius 2 is 2.08 bits per heavy atom. The number of likely N-dealkylation sites (tertiary alicyclic amines) is 1. The molecule has 4 rings (SSSR count). The first-order valence-corrected chi connectivity index (χ1v) is 8.76. The number of hydrogen-bond donors (Lipinski definition) is 2. The molecule has 132 valence electrons. The van der Waals surface area contributed by atoms with Crippen LogP contribution in [0.25, 0.3) is 11.5 Å². The zero-order chi connectivity index (χ0) is 17.2. The largest absolute Gasteiger partial charge is 0.421 e. The van der Waals surface area contributed by atoms with Gasteiger partial charge >= 0.3 is 0 Å². The molecule has 1 fully saturated rings. The Bertz CT molecular complexity index is 750. The Balaban J connectivity index is 1.39. The maximum Gasteiger partial charge on any atom is 0.247 e. The Morgan fingerprint density at radius 3 is 2.84 bits per heavy atom. The van der Waals surface area contributed by atoms with E-state index in [0.29, 0.717) is 17.8 Å². The van der Waals surface area contributed by atoms with Crippen molar-refractivity contribution in [2.75, 3.05) is 25.1 Å². The van der Waals surface area contributed by atoms with Crippen molar-refractivity contribution >= 4 is 5.69 Å². The van der Waals surface area contributed by atoms with Crippen molar-refractivity contribution in [1.82, 2.24) is 25.8 Å². The van der Waals surface area contributed by atoms with Crippen LogP contribution in [-0.4, -0.2) is 47.4 Å². The number of hydrogen-bond acceptors (Lipinski definition) is 7. The molecule has 0 aliphatic carbocycles. The van der Waals surface area contributed by atoms with Crippen molar-refractivity contribution in [2.24, 2.45) is 0 Å². The molecule has 0 radical (unpaired) electrons. The second-order valence-electron chi connectivity index (χ2n) is 6.74. The molecule has 2 aliphatic heterocycles. The third-order valence-corrected chi connectivity index (χ3v) is 4.74. The lowest BCUT2D eigenvalue weighted by Gasteiger charge is -2.31. The molecule has 7 heteroatoms. The van der Waals surface area contributed by atoms with Crippen molar-refractivity contribution in [3.8, 4) is 11.5 Å². The molecular weight excluding hydrogens is 316 g/mol. The first kappa shape index (κ1) is 16.3. The molecule has 2 aromatic rings. The summed E-state index contributed by atoms with van der Waals surface area (Å²) in [6.07, 6.45) is 6.75. The summed E-state index contributed by atoms with van der Waals surface area (Å²) in [6, 6.07) is 8.64. The molecule has 0 amide bonds. The van der Waals surface area contributed by atoms with Gasteiger partial charge in [-0.3, -0.25) is 10.3 Å². The van der Waals surface area contributed by atoms with Gasteiger partial charge in [0.25, 0.3) is 0 Å². The predicted molar refractivity (Wildman–Crippen MR) is 96.7 cm³/mol. The second kappa shape index (κ2) is 6.95. The summed E-state index contributed by atoms with van der Waals surface area (Å²) in [7, 11) is 2.18. The fourth-order valence-corrected chi connectivity index (χ4v) is 3.29. The highest BCUT2D eigenvalue weighted by Crippen LogP contribution is 2.24. The standard InChI is InChI=1S/C18H24N6O/c1-13-20-21-18(25-13)14-4-3-5-16(12-14)24-11-8-17(22-24)19-15-6-9-23(2)10-7-15/h3-5,8,11-12,15,17,19,22H,6-7,9-10H2,1-2H3. The molecule has 2 aliphatic rings. The van der Waals surface area contributed by atoms with Gasteiger partial charge in [-0.2, -0.15) is 0 Å². The van der Waals surface area contributed by atoms with Crippen molar-refractivity contribution in [2.45, 2.75) is 32.0 Å². The fraction of sp³-hybridized carbons (Fsp3) is 0.444. The van der Waals surface area contributed by atoms with Crippen LogP contribution in [0.5, 0.6) is 0 Å². The van der Waals surface area contributed by atoms with Crippen molar-refractivity contribution in [1.29, 1.82) is 0 Å². The summed E-state index contributed by atoms with van der Waals surface area (Å²) in [5, 5.41) is 13.7. The van der Waals surface area contributed by atoms with Gasteiger partial charge < -0.3 is 9.32 Å². The number of rotatable bonds is 4. The Labute approximate surface area is 147 Å². The molecular formula is C18H24N6O. The highest BCUT2D eigenvalue weighted by atomic mass is 16.4. The van der Waals surface area contributed by atoms with E-state index in [1.54, 1.807) is 6.92 Å². The predicted octanol–water partition coefficient (Wildman–Crippen LogP) is 1.89. The zero-order valence-corrected chi connectivity index (χ0v) is 14.6. The number of anilines is 1. The van der Waals surface area contributed by atoms with Crippen LogP contribution in [0.15, 0.2) is 41.0 Å². The molecule has 25 heavy (non-hydrogen) atoms. The molecule has 0 saturated carbocycles. The van der Waals surface area contributed by atoms with Crippen LogP contribution >= 0.6 is 0 Å². The van der Waals surface area contributed by atoms with Crippen LogP contribution in [0.1, 0.15) is 18.7 Å². The van der Waals surface area contributed by atoms with Crippen LogP contribution in [0.2, 0.25) is 0 Å². The van der Waals surface area contributed by atoms with E-state index in [0.717, 1.165) is 24.3 Å². The Morgan fingerprint density at radius 1 is 1.24 bits per heavy atom. The number of nitrogens with zero attached hydrogens (tertiary/aromatic N) is 4. The summed E-state index contributed by atoms with van der Waals surface area (Å²) in [4.78, 5) is 2.38. The molecule has 0 spiro atoms. The van der Waals surface area contributed by atoms with Crippen molar-refractivity contribution < 1.29 is 4.42 Å². The average molecular weight is 340 g/mol. The van der Waals surface area contributed by atoms with E-state index in [9.17, 15) is 0 Å². The minimum absolute atomic E-state index is 0.155. The first-order chi connectivity index (χ1) is 12.2. The summed E-state index contributed by atoms with van der Waals surface area (Å²) >= 11 is 0. The van der Waals surface area contributed by atoms with E-state index < -0.39 is 0 Å². The number of hydrazine groups is 1. The lowest BCUT2D eigenvalue weighted by atomic mass is 10.1. The summed E-state index contributed by atoms with van der Waals surface area (Å²) in [5.74, 6) is 1.12. The lowest BCUT2D eigenvalue weighted by Crippen LogP contribution is -2.51. The quantitative estimate of drug-likeness (QED) is 0.881. The van der Waals surface area contributed by atoms with Gasteiger partial charge in [-0.05, 0) is 57.3 Å². The minimum atomic E-state index is 0.155. The van der Waals surface area contributed by atoms with Crippen molar-refractivity contribution in [3.63, 3.8) is 0 Å². The van der Waals surface area contributed by atoms with Gasteiger partial charge in [0.2, 0.25) is 11.8 Å². The van der Waals surface area contributed by atoms with Crippen LogP contribution in [0, 0.1) is 6.92 Å². The van der Waals surface area contributed by atoms with Gasteiger partial charge in [-0.1, -0.05) is 6.07 Å². The Hall–Kier alpha value is -2.22. The van der Waals surface area contributed by atoms with Gasteiger partial charge in [-0.25, -0.2) is 5.43 Å². The van der Waals surface area contributed by atoms with E-state index in [-0.39, 0.29) is 6.17 Å². The molecule has 7 nitrogen and oxygen atoms in total. The summed E-state index contributed by atoms with van der Waals surface area (Å²) in [5.41, 5.74) is 5.44. The third kappa shape index (κ3) is 3.73.